The van der Waals surface area contributed by atoms with Crippen molar-refractivity contribution >= 4 is 5.91 Å². The zero-order chi connectivity index (χ0) is 14.7. The minimum atomic E-state index is 0.224. The van der Waals surface area contributed by atoms with E-state index in [0.29, 0.717) is 12.5 Å². The van der Waals surface area contributed by atoms with Gasteiger partial charge in [0.05, 0.1) is 0 Å². The van der Waals surface area contributed by atoms with Gasteiger partial charge in [-0.05, 0) is 55.8 Å². The molecule has 1 aromatic rings. The number of nitrogens with zero attached hydrogens (tertiary/aromatic N) is 1. The topological polar surface area (TPSA) is 32.3 Å². The Morgan fingerprint density at radius 2 is 1.71 bits per heavy atom. The van der Waals surface area contributed by atoms with Crippen LogP contribution in [-0.2, 0) is 17.9 Å². The van der Waals surface area contributed by atoms with E-state index in [2.05, 4.69) is 41.4 Å². The van der Waals surface area contributed by atoms with Crippen LogP contribution in [-0.4, -0.2) is 23.9 Å². The predicted octanol–water partition coefficient (Wildman–Crippen LogP) is 2.94. The fourth-order valence-electron chi connectivity index (χ4n) is 2.92. The maximum atomic E-state index is 11.6. The zero-order valence-corrected chi connectivity index (χ0v) is 13.0. The van der Waals surface area contributed by atoms with Crippen molar-refractivity contribution in [1.82, 2.24) is 10.2 Å². The molecule has 1 heterocycles. The quantitative estimate of drug-likeness (QED) is 0.902. The molecule has 0 radical (unpaired) electrons. The molecule has 3 rings (SSSR count). The Kier molecular flexibility index (Phi) is 4.59. The van der Waals surface area contributed by atoms with Gasteiger partial charge >= 0.3 is 0 Å². The summed E-state index contributed by atoms with van der Waals surface area (Å²) < 4.78 is 0. The van der Waals surface area contributed by atoms with Gasteiger partial charge in [-0.3, -0.25) is 9.69 Å². The Bertz CT molecular complexity index is 470. The Labute approximate surface area is 127 Å². The molecule has 2 fully saturated rings. The van der Waals surface area contributed by atoms with Crippen LogP contribution in [0.3, 0.4) is 0 Å². The van der Waals surface area contributed by atoms with Gasteiger partial charge in [-0.15, -0.1) is 0 Å². The average molecular weight is 286 g/mol. The summed E-state index contributed by atoms with van der Waals surface area (Å²) in [6.07, 6.45) is 4.79. The number of carbonyl (C=O) groups excluding carboxylic acids is 1. The maximum absolute atomic E-state index is 11.6. The molecule has 0 spiro atoms. The Balaban J connectivity index is 1.46. The van der Waals surface area contributed by atoms with E-state index < -0.39 is 0 Å². The summed E-state index contributed by atoms with van der Waals surface area (Å²) in [7, 11) is 0. The normalized spacial score (nSPS) is 20.4. The summed E-state index contributed by atoms with van der Waals surface area (Å²) >= 11 is 0. The molecule has 1 saturated carbocycles. The molecule has 114 valence electrons. The molecule has 0 unspecified atom stereocenters. The molecule has 3 nitrogen and oxygen atoms in total. The number of nitrogens with one attached hydrogen (secondary N) is 1. The number of piperidine rings is 1. The molecular weight excluding hydrogens is 260 g/mol. The van der Waals surface area contributed by atoms with Crippen LogP contribution in [0.4, 0.5) is 0 Å². The minimum absolute atomic E-state index is 0.224. The molecule has 3 heteroatoms. The number of hydrogen-bond donors (Lipinski definition) is 1. The molecule has 1 N–H and O–H groups in total. The van der Waals surface area contributed by atoms with Gasteiger partial charge in [-0.25, -0.2) is 0 Å². The molecule has 0 bridgehead atoms. The standard InChI is InChI=1S/C18H26N2O/c1-14-8-10-20(11-9-14)13-16-4-2-15(3-5-16)12-19-18(21)17-6-7-17/h2-5,14,17H,6-13H2,1H3,(H,19,21). The van der Waals surface area contributed by atoms with E-state index in [4.69, 9.17) is 0 Å². The van der Waals surface area contributed by atoms with Gasteiger partial charge in [-0.1, -0.05) is 31.2 Å². The number of likely N-dealkylation sites (tertiary alicyclic amines) is 1. The van der Waals surface area contributed by atoms with Gasteiger partial charge in [-0.2, -0.15) is 0 Å². The van der Waals surface area contributed by atoms with E-state index in [-0.39, 0.29) is 5.91 Å². The highest BCUT2D eigenvalue weighted by Crippen LogP contribution is 2.28. The third kappa shape index (κ3) is 4.31. The van der Waals surface area contributed by atoms with Crippen LogP contribution in [0.1, 0.15) is 43.7 Å². The average Bonchev–Trinajstić information content (AvgIpc) is 3.33. The minimum Gasteiger partial charge on any atom is -0.352 e. The van der Waals surface area contributed by atoms with Gasteiger partial charge in [0, 0.05) is 19.0 Å². The van der Waals surface area contributed by atoms with Crippen LogP contribution in [0.15, 0.2) is 24.3 Å². The van der Waals surface area contributed by atoms with Gasteiger partial charge < -0.3 is 5.32 Å². The fraction of sp³-hybridized carbons (Fsp3) is 0.611. The van der Waals surface area contributed by atoms with Gasteiger partial charge in [0.25, 0.3) is 0 Å². The predicted molar refractivity (Wildman–Crippen MR) is 84.7 cm³/mol. The molecule has 1 aromatic carbocycles. The molecule has 1 amide bonds. The second-order valence-electron chi connectivity index (χ2n) is 6.77. The highest BCUT2D eigenvalue weighted by Gasteiger charge is 2.29. The lowest BCUT2D eigenvalue weighted by atomic mass is 9.99. The van der Waals surface area contributed by atoms with Crippen LogP contribution in [0.25, 0.3) is 0 Å². The maximum Gasteiger partial charge on any atom is 0.223 e. The molecule has 21 heavy (non-hydrogen) atoms. The van der Waals surface area contributed by atoms with E-state index in [0.717, 1.165) is 25.3 Å². The van der Waals surface area contributed by atoms with Crippen LogP contribution in [0.2, 0.25) is 0 Å². The van der Waals surface area contributed by atoms with E-state index in [9.17, 15) is 4.79 Å². The summed E-state index contributed by atoms with van der Waals surface area (Å²) in [5.41, 5.74) is 2.57. The lowest BCUT2D eigenvalue weighted by Crippen LogP contribution is -2.32. The van der Waals surface area contributed by atoms with Gasteiger partial charge in [0.2, 0.25) is 5.91 Å². The molecule has 2 aliphatic rings. The summed E-state index contributed by atoms with van der Waals surface area (Å²) in [5.74, 6) is 1.41. The first-order chi connectivity index (χ1) is 10.2. The smallest absolute Gasteiger partial charge is 0.223 e. The van der Waals surface area contributed by atoms with Crippen molar-refractivity contribution in [3.8, 4) is 0 Å². The van der Waals surface area contributed by atoms with Crippen LogP contribution in [0, 0.1) is 11.8 Å². The second kappa shape index (κ2) is 6.61. The number of rotatable bonds is 5. The van der Waals surface area contributed by atoms with Crippen molar-refractivity contribution in [1.29, 1.82) is 0 Å². The lowest BCUT2D eigenvalue weighted by molar-refractivity contribution is -0.122. The number of carbonyl (C=O) groups is 1. The fourth-order valence-corrected chi connectivity index (χ4v) is 2.92. The third-order valence-corrected chi connectivity index (χ3v) is 4.72. The molecule has 0 aromatic heterocycles. The van der Waals surface area contributed by atoms with Gasteiger partial charge in [0.1, 0.15) is 0 Å². The number of hydrogen-bond acceptors (Lipinski definition) is 2. The zero-order valence-electron chi connectivity index (χ0n) is 13.0. The first-order valence-electron chi connectivity index (χ1n) is 8.28. The summed E-state index contributed by atoms with van der Waals surface area (Å²) in [4.78, 5) is 14.2. The molecule has 1 saturated heterocycles. The summed E-state index contributed by atoms with van der Waals surface area (Å²) in [6, 6.07) is 8.71. The van der Waals surface area contributed by atoms with E-state index in [1.165, 1.54) is 37.1 Å². The van der Waals surface area contributed by atoms with Crippen molar-refractivity contribution in [2.75, 3.05) is 13.1 Å². The van der Waals surface area contributed by atoms with Crippen molar-refractivity contribution in [2.45, 2.75) is 45.7 Å². The van der Waals surface area contributed by atoms with Crippen LogP contribution < -0.4 is 5.32 Å². The lowest BCUT2D eigenvalue weighted by Gasteiger charge is -2.30. The first kappa shape index (κ1) is 14.6. The van der Waals surface area contributed by atoms with E-state index >= 15 is 0 Å². The van der Waals surface area contributed by atoms with Crippen molar-refractivity contribution in [3.05, 3.63) is 35.4 Å². The molecule has 0 atom stereocenters. The van der Waals surface area contributed by atoms with Crippen molar-refractivity contribution < 1.29 is 4.79 Å². The SMILES string of the molecule is CC1CCN(Cc2ccc(CNC(=O)C3CC3)cc2)CC1. The van der Waals surface area contributed by atoms with Crippen molar-refractivity contribution in [2.24, 2.45) is 11.8 Å². The highest BCUT2D eigenvalue weighted by atomic mass is 16.2. The first-order valence-corrected chi connectivity index (χ1v) is 8.28. The van der Waals surface area contributed by atoms with E-state index in [1.54, 1.807) is 0 Å². The molecular formula is C18H26N2O. The summed E-state index contributed by atoms with van der Waals surface area (Å²) in [5, 5.41) is 3.02. The summed E-state index contributed by atoms with van der Waals surface area (Å²) in [6.45, 7) is 6.51. The number of amides is 1. The third-order valence-electron chi connectivity index (χ3n) is 4.72. The van der Waals surface area contributed by atoms with Crippen LogP contribution in [0.5, 0.6) is 0 Å². The molecule has 1 aliphatic heterocycles. The Morgan fingerprint density at radius 3 is 2.33 bits per heavy atom. The Morgan fingerprint density at radius 1 is 1.10 bits per heavy atom. The molecule has 1 aliphatic carbocycles. The van der Waals surface area contributed by atoms with Gasteiger partial charge in [0.15, 0.2) is 0 Å². The number of benzene rings is 1. The van der Waals surface area contributed by atoms with E-state index in [1.807, 2.05) is 0 Å². The van der Waals surface area contributed by atoms with Crippen molar-refractivity contribution in [3.63, 3.8) is 0 Å². The highest BCUT2D eigenvalue weighted by molar-refractivity contribution is 5.80. The monoisotopic (exact) mass is 286 g/mol. The van der Waals surface area contributed by atoms with Crippen LogP contribution >= 0.6 is 0 Å². The largest absolute Gasteiger partial charge is 0.352 e. The second-order valence-corrected chi connectivity index (χ2v) is 6.77. The Hall–Kier alpha value is -1.35.